The summed E-state index contributed by atoms with van der Waals surface area (Å²) in [5.41, 5.74) is 0.325. The molecule has 0 aliphatic carbocycles. The van der Waals surface area contributed by atoms with Gasteiger partial charge in [-0.25, -0.2) is 14.4 Å². The van der Waals surface area contributed by atoms with Crippen LogP contribution in [-0.2, 0) is 0 Å². The van der Waals surface area contributed by atoms with Crippen molar-refractivity contribution in [2.24, 2.45) is 4.99 Å². The lowest BCUT2D eigenvalue weighted by Gasteiger charge is -1.98. The molecule has 1 aromatic heterocycles. The van der Waals surface area contributed by atoms with E-state index >= 15 is 0 Å². The van der Waals surface area contributed by atoms with Gasteiger partial charge in [-0.05, 0) is 24.3 Å². The Morgan fingerprint density at radius 3 is 2.81 bits per heavy atom. The van der Waals surface area contributed by atoms with Crippen LogP contribution in [0.15, 0.2) is 47.6 Å². The average molecular weight is 216 g/mol. The summed E-state index contributed by atoms with van der Waals surface area (Å²) >= 11 is 0. The molecule has 2 rings (SSSR count). The van der Waals surface area contributed by atoms with Gasteiger partial charge < -0.3 is 5.11 Å². The van der Waals surface area contributed by atoms with Crippen LogP contribution in [0.2, 0.25) is 0 Å². The van der Waals surface area contributed by atoms with E-state index in [-0.39, 0.29) is 0 Å². The second-order valence-corrected chi connectivity index (χ2v) is 3.12. The number of halogens is 1. The second kappa shape index (κ2) is 4.53. The Morgan fingerprint density at radius 2 is 2.06 bits per heavy atom. The maximum atomic E-state index is 13.0. The van der Waals surface area contributed by atoms with Gasteiger partial charge in [-0.15, -0.1) is 0 Å². The summed E-state index contributed by atoms with van der Waals surface area (Å²) in [6, 6.07) is 9.56. The summed E-state index contributed by atoms with van der Waals surface area (Å²) in [7, 11) is 0. The predicted octanol–water partition coefficient (Wildman–Crippen LogP) is 2.68. The number of aromatic hydroxyl groups is 1. The van der Waals surface area contributed by atoms with E-state index in [0.29, 0.717) is 11.4 Å². The Labute approximate surface area is 91.9 Å². The van der Waals surface area contributed by atoms with Crippen molar-refractivity contribution >= 4 is 12.0 Å². The van der Waals surface area contributed by atoms with Crippen molar-refractivity contribution in [3.05, 3.63) is 54.0 Å². The van der Waals surface area contributed by atoms with Crippen molar-refractivity contribution in [2.75, 3.05) is 0 Å². The highest BCUT2D eigenvalue weighted by Gasteiger charge is 2.03. The van der Waals surface area contributed by atoms with E-state index in [9.17, 15) is 9.50 Å². The van der Waals surface area contributed by atoms with Crippen molar-refractivity contribution in [1.82, 2.24) is 4.98 Å². The highest BCUT2D eigenvalue weighted by Crippen LogP contribution is 2.19. The number of nitrogens with zero attached hydrogens (tertiary/aromatic N) is 2. The van der Waals surface area contributed by atoms with Gasteiger partial charge in [-0.3, -0.25) is 0 Å². The number of aliphatic imine (C=N–C) groups is 1. The lowest BCUT2D eigenvalue weighted by molar-refractivity contribution is 0.431. The topological polar surface area (TPSA) is 45.5 Å². The molecule has 0 amide bonds. The predicted molar refractivity (Wildman–Crippen MR) is 59.6 cm³/mol. The van der Waals surface area contributed by atoms with Crippen LogP contribution >= 0.6 is 0 Å². The molecule has 0 saturated heterocycles. The first kappa shape index (κ1) is 10.3. The summed E-state index contributed by atoms with van der Waals surface area (Å²) in [5.74, 6) is -0.557. The van der Waals surface area contributed by atoms with Gasteiger partial charge in [0.2, 0.25) is 0 Å². The molecule has 0 aliphatic rings. The van der Waals surface area contributed by atoms with E-state index < -0.39 is 11.6 Å². The first-order chi connectivity index (χ1) is 7.77. The van der Waals surface area contributed by atoms with Crippen LogP contribution in [-0.4, -0.2) is 16.3 Å². The third kappa shape index (κ3) is 2.23. The molecule has 16 heavy (non-hydrogen) atoms. The largest absolute Gasteiger partial charge is 0.504 e. The van der Waals surface area contributed by atoms with Gasteiger partial charge in [-0.1, -0.05) is 12.1 Å². The maximum Gasteiger partial charge on any atom is 0.165 e. The van der Waals surface area contributed by atoms with Crippen molar-refractivity contribution < 1.29 is 9.50 Å². The fraction of sp³-hybridized carbons (Fsp3) is 0. The number of phenols is 1. The van der Waals surface area contributed by atoms with Gasteiger partial charge in [-0.2, -0.15) is 0 Å². The molecular formula is C12H9FN2O. The summed E-state index contributed by atoms with van der Waals surface area (Å²) in [6.07, 6.45) is 2.98. The van der Waals surface area contributed by atoms with Gasteiger partial charge in [0, 0.05) is 18.0 Å². The van der Waals surface area contributed by atoms with E-state index in [1.165, 1.54) is 18.3 Å². The van der Waals surface area contributed by atoms with Gasteiger partial charge >= 0.3 is 0 Å². The standard InChI is InChI=1S/C12H9FN2O/c13-10-5-3-4-9(12(10)16)8-15-11-6-1-2-7-14-11/h1-8,16H. The van der Waals surface area contributed by atoms with Gasteiger partial charge in [0.1, 0.15) is 0 Å². The van der Waals surface area contributed by atoms with Crippen LogP contribution in [0.25, 0.3) is 0 Å². The molecule has 0 spiro atoms. The minimum atomic E-state index is -0.662. The third-order valence-corrected chi connectivity index (χ3v) is 2.00. The zero-order chi connectivity index (χ0) is 11.4. The molecule has 4 heteroatoms. The Kier molecular flexibility index (Phi) is 2.91. The fourth-order valence-corrected chi connectivity index (χ4v) is 1.20. The Bertz CT molecular complexity index is 512. The Hall–Kier alpha value is -2.23. The molecule has 0 fully saturated rings. The quantitative estimate of drug-likeness (QED) is 0.784. The van der Waals surface area contributed by atoms with Crippen molar-refractivity contribution in [2.45, 2.75) is 0 Å². The molecule has 3 nitrogen and oxygen atoms in total. The summed E-state index contributed by atoms with van der Waals surface area (Å²) < 4.78 is 13.0. The second-order valence-electron chi connectivity index (χ2n) is 3.12. The molecular weight excluding hydrogens is 207 g/mol. The molecule has 0 saturated carbocycles. The molecule has 0 atom stereocenters. The van der Waals surface area contributed by atoms with Gasteiger partial charge in [0.05, 0.1) is 0 Å². The third-order valence-electron chi connectivity index (χ3n) is 2.00. The van der Waals surface area contributed by atoms with E-state index in [0.717, 1.165) is 0 Å². The number of phenolic OH excluding ortho intramolecular Hbond substituents is 1. The van der Waals surface area contributed by atoms with Crippen molar-refractivity contribution in [3.8, 4) is 5.75 Å². The van der Waals surface area contributed by atoms with Gasteiger partial charge in [0.15, 0.2) is 17.4 Å². The van der Waals surface area contributed by atoms with Crippen molar-refractivity contribution in [3.63, 3.8) is 0 Å². The minimum Gasteiger partial charge on any atom is -0.504 e. The SMILES string of the molecule is Oc1c(F)cccc1C=Nc1ccccn1. The van der Waals surface area contributed by atoms with Crippen LogP contribution in [0.1, 0.15) is 5.56 Å². The van der Waals surface area contributed by atoms with E-state index in [2.05, 4.69) is 9.98 Å². The molecule has 0 radical (unpaired) electrons. The van der Waals surface area contributed by atoms with Crippen LogP contribution in [0.3, 0.4) is 0 Å². The number of rotatable bonds is 2. The minimum absolute atomic E-state index is 0.325. The number of para-hydroxylation sites is 1. The molecule has 80 valence electrons. The zero-order valence-electron chi connectivity index (χ0n) is 8.34. The number of benzene rings is 1. The van der Waals surface area contributed by atoms with E-state index in [1.54, 1.807) is 30.5 Å². The van der Waals surface area contributed by atoms with Crippen LogP contribution in [0.4, 0.5) is 10.2 Å². The first-order valence-electron chi connectivity index (χ1n) is 4.70. The molecule has 2 aromatic rings. The van der Waals surface area contributed by atoms with Crippen molar-refractivity contribution in [1.29, 1.82) is 0 Å². The number of hydrogen-bond acceptors (Lipinski definition) is 3. The van der Waals surface area contributed by atoms with E-state index in [1.807, 2.05) is 0 Å². The summed E-state index contributed by atoms with van der Waals surface area (Å²) in [6.45, 7) is 0. The smallest absolute Gasteiger partial charge is 0.165 e. The molecule has 0 bridgehead atoms. The lowest BCUT2D eigenvalue weighted by atomic mass is 10.2. The number of aromatic nitrogens is 1. The number of hydrogen-bond donors (Lipinski definition) is 1. The monoisotopic (exact) mass is 216 g/mol. The molecule has 0 aliphatic heterocycles. The van der Waals surface area contributed by atoms with Crippen LogP contribution in [0.5, 0.6) is 5.75 Å². The Balaban J connectivity index is 2.28. The van der Waals surface area contributed by atoms with Crippen LogP contribution in [0, 0.1) is 5.82 Å². The normalized spacial score (nSPS) is 10.8. The fourth-order valence-electron chi connectivity index (χ4n) is 1.20. The molecule has 1 aromatic carbocycles. The molecule has 0 unspecified atom stereocenters. The summed E-state index contributed by atoms with van der Waals surface area (Å²) in [5, 5.41) is 9.39. The van der Waals surface area contributed by atoms with Gasteiger partial charge in [0.25, 0.3) is 0 Å². The van der Waals surface area contributed by atoms with E-state index in [4.69, 9.17) is 0 Å². The molecule has 1 heterocycles. The maximum absolute atomic E-state index is 13.0. The Morgan fingerprint density at radius 1 is 1.19 bits per heavy atom. The molecule has 1 N–H and O–H groups in total. The summed E-state index contributed by atoms with van der Waals surface area (Å²) in [4.78, 5) is 7.99. The zero-order valence-corrected chi connectivity index (χ0v) is 8.34. The highest BCUT2D eigenvalue weighted by molar-refractivity contribution is 5.84. The lowest BCUT2D eigenvalue weighted by Crippen LogP contribution is -1.85. The average Bonchev–Trinajstić information content (AvgIpc) is 2.32. The first-order valence-corrected chi connectivity index (χ1v) is 4.70. The van der Waals surface area contributed by atoms with Crippen LogP contribution < -0.4 is 0 Å². The number of pyridine rings is 1. The highest BCUT2D eigenvalue weighted by atomic mass is 19.1.